The Morgan fingerprint density at radius 3 is 1.59 bits per heavy atom. The fourth-order valence-corrected chi connectivity index (χ4v) is 2.99. The van der Waals surface area contributed by atoms with Crippen LogP contribution in [0.5, 0.6) is 5.75 Å². The smallest absolute Gasteiger partial charge is 0.115 e. The average molecular weight is 352 g/mol. The molecule has 0 unspecified atom stereocenters. The van der Waals surface area contributed by atoms with E-state index in [2.05, 4.69) is 84.9 Å². The van der Waals surface area contributed by atoms with Crippen LogP contribution in [0.2, 0.25) is 0 Å². The topological polar surface area (TPSA) is 20.2 Å². The van der Waals surface area contributed by atoms with Crippen molar-refractivity contribution in [2.45, 2.75) is 12.8 Å². The quantitative estimate of drug-likeness (QED) is 0.442. The van der Waals surface area contributed by atoms with E-state index in [0.29, 0.717) is 5.75 Å². The highest BCUT2D eigenvalue weighted by molar-refractivity contribution is 5.67. The minimum atomic E-state index is 0.322. The summed E-state index contributed by atoms with van der Waals surface area (Å²) in [5.74, 6) is 0.322. The van der Waals surface area contributed by atoms with Crippen molar-refractivity contribution in [3.63, 3.8) is 0 Å². The zero-order chi connectivity index (χ0) is 18.7. The second-order valence-corrected chi connectivity index (χ2v) is 6.34. The van der Waals surface area contributed by atoms with Gasteiger partial charge in [-0.3, -0.25) is 0 Å². The van der Waals surface area contributed by atoms with Crippen molar-refractivity contribution < 1.29 is 5.11 Å². The zero-order valence-corrected chi connectivity index (χ0v) is 15.3. The van der Waals surface area contributed by atoms with E-state index < -0.39 is 0 Å². The van der Waals surface area contributed by atoms with E-state index in [4.69, 9.17) is 5.11 Å². The molecular formula is C26H24O. The molecule has 0 radical (unpaired) electrons. The lowest BCUT2D eigenvalue weighted by atomic mass is 9.95. The van der Waals surface area contributed by atoms with E-state index in [1.807, 2.05) is 6.07 Å². The van der Waals surface area contributed by atoms with Gasteiger partial charge in [-0.15, -0.1) is 0 Å². The second kappa shape index (κ2) is 9.98. The first-order valence-corrected chi connectivity index (χ1v) is 9.24. The second-order valence-electron chi connectivity index (χ2n) is 6.34. The monoisotopic (exact) mass is 352 g/mol. The van der Waals surface area contributed by atoms with E-state index in [-0.39, 0.29) is 0 Å². The van der Waals surface area contributed by atoms with Crippen molar-refractivity contribution in [1.29, 1.82) is 0 Å². The summed E-state index contributed by atoms with van der Waals surface area (Å²) in [5, 5.41) is 8.63. The van der Waals surface area contributed by atoms with Gasteiger partial charge in [0, 0.05) is 0 Å². The van der Waals surface area contributed by atoms with Gasteiger partial charge in [-0.25, -0.2) is 0 Å². The molecule has 0 aliphatic heterocycles. The first-order chi connectivity index (χ1) is 13.3. The number of aryl methyl sites for hydroxylation is 2. The minimum absolute atomic E-state index is 0.322. The molecule has 0 aliphatic rings. The number of aromatic hydroxyl groups is 1. The SMILES string of the molecule is Oc1ccccc1.c1ccc(CCc2ccccc2-c2ccccc2)cc1. The Balaban J connectivity index is 0.000000253. The van der Waals surface area contributed by atoms with E-state index in [1.54, 1.807) is 24.3 Å². The Labute approximate surface area is 161 Å². The summed E-state index contributed by atoms with van der Waals surface area (Å²) in [7, 11) is 0. The third kappa shape index (κ3) is 5.86. The van der Waals surface area contributed by atoms with Gasteiger partial charge in [0.15, 0.2) is 0 Å². The molecule has 1 N–H and O–H groups in total. The van der Waals surface area contributed by atoms with Gasteiger partial charge in [0.1, 0.15) is 5.75 Å². The maximum Gasteiger partial charge on any atom is 0.115 e. The first-order valence-electron chi connectivity index (χ1n) is 9.24. The van der Waals surface area contributed by atoms with E-state index in [0.717, 1.165) is 12.8 Å². The summed E-state index contributed by atoms with van der Waals surface area (Å²) in [6, 6.07) is 38.7. The lowest BCUT2D eigenvalue weighted by molar-refractivity contribution is 0.475. The van der Waals surface area contributed by atoms with Crippen molar-refractivity contribution in [2.75, 3.05) is 0 Å². The van der Waals surface area contributed by atoms with Crippen LogP contribution in [0.1, 0.15) is 11.1 Å². The predicted molar refractivity (Wildman–Crippen MR) is 114 cm³/mol. The molecule has 4 aromatic carbocycles. The first kappa shape index (κ1) is 18.5. The van der Waals surface area contributed by atoms with Crippen LogP contribution in [0.25, 0.3) is 11.1 Å². The van der Waals surface area contributed by atoms with Gasteiger partial charge < -0.3 is 5.11 Å². The highest BCUT2D eigenvalue weighted by Gasteiger charge is 2.04. The Kier molecular flexibility index (Phi) is 6.83. The summed E-state index contributed by atoms with van der Waals surface area (Å²) in [4.78, 5) is 0. The van der Waals surface area contributed by atoms with Crippen LogP contribution < -0.4 is 0 Å². The van der Waals surface area contributed by atoms with Crippen LogP contribution in [0.3, 0.4) is 0 Å². The molecule has 27 heavy (non-hydrogen) atoms. The molecule has 0 aliphatic carbocycles. The van der Waals surface area contributed by atoms with Crippen LogP contribution in [0.4, 0.5) is 0 Å². The van der Waals surface area contributed by atoms with Gasteiger partial charge in [0.05, 0.1) is 0 Å². The minimum Gasteiger partial charge on any atom is -0.508 e. The number of benzene rings is 4. The van der Waals surface area contributed by atoms with Gasteiger partial charge >= 0.3 is 0 Å². The number of para-hydroxylation sites is 1. The molecule has 0 fully saturated rings. The molecule has 4 rings (SSSR count). The van der Waals surface area contributed by atoms with Gasteiger partial charge in [-0.05, 0) is 47.2 Å². The normalized spacial score (nSPS) is 9.93. The van der Waals surface area contributed by atoms with E-state index >= 15 is 0 Å². The Morgan fingerprint density at radius 2 is 1.00 bits per heavy atom. The highest BCUT2D eigenvalue weighted by atomic mass is 16.3. The largest absolute Gasteiger partial charge is 0.508 e. The van der Waals surface area contributed by atoms with E-state index in [1.165, 1.54) is 22.3 Å². The number of phenolic OH excluding ortho intramolecular Hbond substituents is 1. The lowest BCUT2D eigenvalue weighted by Crippen LogP contribution is -1.94. The third-order valence-corrected chi connectivity index (χ3v) is 4.38. The molecule has 0 spiro atoms. The summed E-state index contributed by atoms with van der Waals surface area (Å²) >= 11 is 0. The van der Waals surface area contributed by atoms with Gasteiger partial charge in [0.2, 0.25) is 0 Å². The number of hydrogen-bond acceptors (Lipinski definition) is 1. The van der Waals surface area contributed by atoms with Crippen molar-refractivity contribution in [3.8, 4) is 16.9 Å². The molecule has 0 bridgehead atoms. The van der Waals surface area contributed by atoms with Gasteiger partial charge in [-0.2, -0.15) is 0 Å². The molecule has 0 atom stereocenters. The average Bonchev–Trinajstić information content (AvgIpc) is 2.75. The molecule has 0 aromatic heterocycles. The maximum atomic E-state index is 8.63. The number of rotatable bonds is 4. The van der Waals surface area contributed by atoms with Crippen LogP contribution in [0, 0.1) is 0 Å². The molecule has 4 aromatic rings. The molecule has 1 nitrogen and oxygen atoms in total. The molecular weight excluding hydrogens is 328 g/mol. The Bertz CT molecular complexity index is 916. The Morgan fingerprint density at radius 1 is 0.481 bits per heavy atom. The Hall–Kier alpha value is -3.32. The zero-order valence-electron chi connectivity index (χ0n) is 15.3. The highest BCUT2D eigenvalue weighted by Crippen LogP contribution is 2.24. The summed E-state index contributed by atoms with van der Waals surface area (Å²) in [5.41, 5.74) is 5.47. The summed E-state index contributed by atoms with van der Waals surface area (Å²) in [6.45, 7) is 0. The van der Waals surface area contributed by atoms with Crippen LogP contribution in [0.15, 0.2) is 115 Å². The maximum absolute atomic E-state index is 8.63. The lowest BCUT2D eigenvalue weighted by Gasteiger charge is -2.09. The van der Waals surface area contributed by atoms with Crippen molar-refractivity contribution in [3.05, 3.63) is 126 Å². The predicted octanol–water partition coefficient (Wildman–Crippen LogP) is 6.53. The fraction of sp³-hybridized carbons (Fsp3) is 0.0769. The molecule has 0 saturated carbocycles. The van der Waals surface area contributed by atoms with Gasteiger partial charge in [0.25, 0.3) is 0 Å². The van der Waals surface area contributed by atoms with Gasteiger partial charge in [-0.1, -0.05) is 103 Å². The van der Waals surface area contributed by atoms with Crippen LogP contribution in [-0.2, 0) is 12.8 Å². The summed E-state index contributed by atoms with van der Waals surface area (Å²) in [6.07, 6.45) is 2.17. The van der Waals surface area contributed by atoms with Crippen LogP contribution >= 0.6 is 0 Å². The molecule has 0 heterocycles. The summed E-state index contributed by atoms with van der Waals surface area (Å²) < 4.78 is 0. The molecule has 0 amide bonds. The third-order valence-electron chi connectivity index (χ3n) is 4.38. The van der Waals surface area contributed by atoms with E-state index in [9.17, 15) is 0 Å². The fourth-order valence-electron chi connectivity index (χ4n) is 2.99. The molecule has 0 saturated heterocycles. The standard InChI is InChI=1S/C20H18.C6H6O/c1-3-9-17(10-4-1)15-16-19-13-7-8-14-20(19)18-11-5-2-6-12-18;7-6-4-2-1-3-5-6/h1-14H,15-16H2;1-5,7H. The van der Waals surface area contributed by atoms with Crippen molar-refractivity contribution in [2.24, 2.45) is 0 Å². The number of hydrogen-bond donors (Lipinski definition) is 1. The molecule has 134 valence electrons. The molecule has 1 heteroatoms. The van der Waals surface area contributed by atoms with Crippen molar-refractivity contribution >= 4 is 0 Å². The number of phenols is 1. The van der Waals surface area contributed by atoms with Crippen molar-refractivity contribution in [1.82, 2.24) is 0 Å². The van der Waals surface area contributed by atoms with Crippen LogP contribution in [-0.4, -0.2) is 5.11 Å².